The summed E-state index contributed by atoms with van der Waals surface area (Å²) < 4.78 is 0. The third kappa shape index (κ3) is 3.35. The summed E-state index contributed by atoms with van der Waals surface area (Å²) in [6.07, 6.45) is 3.49. The molecule has 2 aliphatic rings. The number of carbonyl (C=O) groups excluding carboxylic acids is 3. The fourth-order valence-electron chi connectivity index (χ4n) is 3.67. The lowest BCUT2D eigenvalue weighted by Gasteiger charge is -2.22. The summed E-state index contributed by atoms with van der Waals surface area (Å²) in [6.45, 7) is 1.42. The van der Waals surface area contributed by atoms with Gasteiger partial charge in [0.1, 0.15) is 12.1 Å². The number of hydrogen-bond acceptors (Lipinski definition) is 4. The maximum Gasteiger partial charge on any atom is 0.325 e. The molecule has 2 aromatic rings. The van der Waals surface area contributed by atoms with Crippen LogP contribution in [0.25, 0.3) is 0 Å². The first-order chi connectivity index (χ1) is 13.5. The third-order valence-electron chi connectivity index (χ3n) is 5.42. The van der Waals surface area contributed by atoms with Gasteiger partial charge >= 0.3 is 6.03 Å². The van der Waals surface area contributed by atoms with Gasteiger partial charge in [0, 0.05) is 6.20 Å². The number of nitrogens with one attached hydrogen (secondary N) is 2. The molecule has 2 atom stereocenters. The van der Waals surface area contributed by atoms with Crippen molar-refractivity contribution < 1.29 is 14.4 Å². The quantitative estimate of drug-likeness (QED) is 0.752. The summed E-state index contributed by atoms with van der Waals surface area (Å²) in [5.41, 5.74) is 0.661. The number of pyridine rings is 1. The number of nitrogens with zero attached hydrogens (tertiary/aromatic N) is 2. The molecular weight excluding hydrogens is 356 g/mol. The van der Waals surface area contributed by atoms with Crippen LogP contribution in [0.2, 0.25) is 0 Å². The zero-order chi connectivity index (χ0) is 19.7. The highest BCUT2D eigenvalue weighted by molar-refractivity contribution is 6.09. The minimum absolute atomic E-state index is 0.155. The number of urea groups is 1. The lowest BCUT2D eigenvalue weighted by atomic mass is 9.96. The number of carbonyl (C=O) groups is 3. The van der Waals surface area contributed by atoms with Crippen molar-refractivity contribution in [2.45, 2.75) is 31.3 Å². The molecule has 2 heterocycles. The van der Waals surface area contributed by atoms with Gasteiger partial charge in [0.25, 0.3) is 5.91 Å². The summed E-state index contributed by atoms with van der Waals surface area (Å²) in [5, 5.41) is 5.67. The molecule has 7 heteroatoms. The smallest absolute Gasteiger partial charge is 0.325 e. The molecule has 2 fully saturated rings. The van der Waals surface area contributed by atoms with E-state index in [1.54, 1.807) is 19.2 Å². The first-order valence-corrected chi connectivity index (χ1v) is 9.38. The van der Waals surface area contributed by atoms with Gasteiger partial charge in [0.15, 0.2) is 0 Å². The van der Waals surface area contributed by atoms with Crippen LogP contribution in [-0.4, -0.2) is 39.8 Å². The Kier molecular flexibility index (Phi) is 4.58. The highest BCUT2D eigenvalue weighted by atomic mass is 16.2. The largest absolute Gasteiger partial charge is 0.342 e. The highest BCUT2D eigenvalue weighted by Crippen LogP contribution is 2.42. The van der Waals surface area contributed by atoms with E-state index in [0.29, 0.717) is 5.69 Å². The van der Waals surface area contributed by atoms with Gasteiger partial charge in [-0.1, -0.05) is 36.4 Å². The minimum Gasteiger partial charge on any atom is -0.342 e. The average Bonchev–Trinajstić information content (AvgIpc) is 3.54. The van der Waals surface area contributed by atoms with E-state index >= 15 is 0 Å². The van der Waals surface area contributed by atoms with Gasteiger partial charge in [0.2, 0.25) is 5.91 Å². The predicted molar refractivity (Wildman–Crippen MR) is 102 cm³/mol. The van der Waals surface area contributed by atoms with Crippen molar-refractivity contribution in [3.63, 3.8) is 0 Å². The minimum atomic E-state index is -0.892. The normalized spacial score (nSPS) is 22.7. The Balaban J connectivity index is 1.51. The molecule has 1 aliphatic heterocycles. The Morgan fingerprint density at radius 1 is 1.21 bits per heavy atom. The molecule has 144 valence electrons. The van der Waals surface area contributed by atoms with Crippen LogP contribution in [-0.2, 0) is 9.59 Å². The van der Waals surface area contributed by atoms with E-state index in [1.807, 2.05) is 42.5 Å². The Bertz CT molecular complexity index is 859. The summed E-state index contributed by atoms with van der Waals surface area (Å²) in [5.74, 6) is -0.588. The number of amides is 4. The van der Waals surface area contributed by atoms with Crippen LogP contribution in [0.5, 0.6) is 0 Å². The fourth-order valence-corrected chi connectivity index (χ4v) is 3.67. The summed E-state index contributed by atoms with van der Waals surface area (Å²) >= 11 is 0. The predicted octanol–water partition coefficient (Wildman–Crippen LogP) is 2.01. The average molecular weight is 378 g/mol. The number of aromatic nitrogens is 1. The fraction of sp³-hybridized carbons (Fsp3) is 0.333. The van der Waals surface area contributed by atoms with E-state index in [1.165, 1.54) is 0 Å². The van der Waals surface area contributed by atoms with Gasteiger partial charge in [-0.25, -0.2) is 4.79 Å². The van der Waals surface area contributed by atoms with Gasteiger partial charge in [0.05, 0.1) is 11.7 Å². The van der Waals surface area contributed by atoms with E-state index in [4.69, 9.17) is 0 Å². The molecule has 4 rings (SSSR count). The maximum atomic E-state index is 12.7. The van der Waals surface area contributed by atoms with E-state index < -0.39 is 23.5 Å². The molecule has 1 saturated heterocycles. The molecule has 2 unspecified atom stereocenters. The second-order valence-corrected chi connectivity index (χ2v) is 7.46. The van der Waals surface area contributed by atoms with Crippen LogP contribution in [0.1, 0.15) is 37.1 Å². The zero-order valence-electron chi connectivity index (χ0n) is 15.6. The van der Waals surface area contributed by atoms with Crippen LogP contribution in [0.15, 0.2) is 54.7 Å². The highest BCUT2D eigenvalue weighted by Gasteiger charge is 2.56. The summed E-state index contributed by atoms with van der Waals surface area (Å²) in [4.78, 5) is 43.1. The second-order valence-electron chi connectivity index (χ2n) is 7.46. The van der Waals surface area contributed by atoms with Crippen LogP contribution in [0, 0.1) is 5.92 Å². The topological polar surface area (TPSA) is 91.4 Å². The van der Waals surface area contributed by atoms with Crippen molar-refractivity contribution in [2.24, 2.45) is 5.92 Å². The molecule has 0 spiro atoms. The maximum absolute atomic E-state index is 12.7. The van der Waals surface area contributed by atoms with Crippen LogP contribution >= 0.6 is 0 Å². The van der Waals surface area contributed by atoms with Gasteiger partial charge in [-0.2, -0.15) is 0 Å². The lowest BCUT2D eigenvalue weighted by Crippen LogP contribution is -2.47. The number of benzene rings is 1. The van der Waals surface area contributed by atoms with Crippen molar-refractivity contribution in [2.75, 3.05) is 6.54 Å². The van der Waals surface area contributed by atoms with Gasteiger partial charge < -0.3 is 10.6 Å². The molecule has 0 bridgehead atoms. The molecule has 28 heavy (non-hydrogen) atoms. The van der Waals surface area contributed by atoms with E-state index in [0.717, 1.165) is 23.3 Å². The Labute approximate surface area is 163 Å². The van der Waals surface area contributed by atoms with Gasteiger partial charge in [-0.05, 0) is 43.4 Å². The Morgan fingerprint density at radius 2 is 1.93 bits per heavy atom. The van der Waals surface area contributed by atoms with E-state index in [2.05, 4.69) is 15.6 Å². The van der Waals surface area contributed by atoms with E-state index in [-0.39, 0.29) is 18.4 Å². The van der Waals surface area contributed by atoms with Crippen LogP contribution in [0.4, 0.5) is 4.79 Å². The Morgan fingerprint density at radius 3 is 2.57 bits per heavy atom. The molecule has 2 N–H and O–H groups in total. The second kappa shape index (κ2) is 7.07. The zero-order valence-corrected chi connectivity index (χ0v) is 15.6. The van der Waals surface area contributed by atoms with Gasteiger partial charge in [-0.15, -0.1) is 0 Å². The monoisotopic (exact) mass is 378 g/mol. The standard InChI is InChI=1S/C21H22N4O3/c1-21(15-10-11-15)19(27)25(20(28)24-21)13-17(26)23-18(14-7-3-2-4-8-14)16-9-5-6-12-22-16/h2-9,12,15,18H,10-11,13H2,1H3,(H,23,26)(H,24,28). The summed E-state index contributed by atoms with van der Waals surface area (Å²) in [7, 11) is 0. The molecular formula is C21H22N4O3. The lowest BCUT2D eigenvalue weighted by molar-refractivity contribution is -0.135. The van der Waals surface area contributed by atoms with Crippen molar-refractivity contribution in [1.82, 2.24) is 20.5 Å². The Hall–Kier alpha value is -3.22. The molecule has 1 aromatic carbocycles. The molecule has 1 aliphatic carbocycles. The number of rotatable bonds is 6. The first kappa shape index (κ1) is 18.2. The number of hydrogen-bond donors (Lipinski definition) is 2. The van der Waals surface area contributed by atoms with Crippen molar-refractivity contribution in [1.29, 1.82) is 0 Å². The van der Waals surface area contributed by atoms with E-state index in [9.17, 15) is 14.4 Å². The molecule has 1 saturated carbocycles. The molecule has 7 nitrogen and oxygen atoms in total. The van der Waals surface area contributed by atoms with Crippen molar-refractivity contribution in [3.05, 3.63) is 66.0 Å². The first-order valence-electron chi connectivity index (χ1n) is 9.38. The molecule has 4 amide bonds. The summed E-state index contributed by atoms with van der Waals surface area (Å²) in [6, 6.07) is 14.0. The third-order valence-corrected chi connectivity index (χ3v) is 5.42. The molecule has 0 radical (unpaired) electrons. The van der Waals surface area contributed by atoms with Gasteiger partial charge in [-0.3, -0.25) is 19.5 Å². The van der Waals surface area contributed by atoms with Crippen LogP contribution < -0.4 is 10.6 Å². The van der Waals surface area contributed by atoms with Crippen molar-refractivity contribution in [3.8, 4) is 0 Å². The van der Waals surface area contributed by atoms with Crippen LogP contribution in [0.3, 0.4) is 0 Å². The van der Waals surface area contributed by atoms with Crippen molar-refractivity contribution >= 4 is 17.8 Å². The molecule has 1 aromatic heterocycles. The number of imide groups is 1. The SMILES string of the molecule is CC1(C2CC2)NC(=O)N(CC(=O)NC(c2ccccc2)c2ccccn2)C1=O.